The monoisotopic (exact) mass is 633 g/mol. The Morgan fingerprint density at radius 1 is 0.800 bits per heavy atom. The van der Waals surface area contributed by atoms with Gasteiger partial charge >= 0.3 is 18.2 Å². The van der Waals surface area contributed by atoms with Gasteiger partial charge < -0.3 is 15.4 Å². The summed E-state index contributed by atoms with van der Waals surface area (Å²) in [4.78, 5) is 25.8. The van der Waals surface area contributed by atoms with E-state index in [0.29, 0.717) is 16.7 Å². The topological polar surface area (TPSA) is 107 Å². The molecule has 230 valence electrons. The van der Waals surface area contributed by atoms with Gasteiger partial charge in [0.05, 0.1) is 16.1 Å². The van der Waals surface area contributed by atoms with Gasteiger partial charge in [0.25, 0.3) is 10.0 Å². The molecule has 0 aliphatic carbocycles. The number of hydrogen-bond donors (Lipinski definition) is 2. The normalized spacial score (nSPS) is 11.6. The van der Waals surface area contributed by atoms with E-state index in [1.54, 1.807) is 48.5 Å². The molecule has 0 saturated carbocycles. The zero-order chi connectivity index (χ0) is 32.2. The number of benzene rings is 4. The first-order chi connectivity index (χ1) is 21.4. The standard InChI is InChI=1S/C33H26F3N3O5S/c1-22-14-16-27(17-15-22)45(42,43)39-20-25(19-30(39)31(40)44-21-23-8-3-2-4-9-23)24-10-7-11-26(18-24)37-32(41)38-29-13-6-5-12-28(29)33(34,35)36/h2-20H,21H2,1H3,(H2,37,38,41). The Morgan fingerprint density at radius 3 is 2.20 bits per heavy atom. The number of ether oxygens (including phenoxy) is 1. The Hall–Kier alpha value is -5.36. The lowest BCUT2D eigenvalue weighted by atomic mass is 10.1. The van der Waals surface area contributed by atoms with Crippen molar-refractivity contribution in [2.75, 3.05) is 10.6 Å². The van der Waals surface area contributed by atoms with Gasteiger partial charge in [-0.15, -0.1) is 0 Å². The average Bonchev–Trinajstić information content (AvgIpc) is 3.47. The van der Waals surface area contributed by atoms with E-state index in [9.17, 15) is 31.2 Å². The van der Waals surface area contributed by atoms with Gasteiger partial charge in [0.15, 0.2) is 0 Å². The Bertz CT molecular complexity index is 1960. The SMILES string of the molecule is Cc1ccc(S(=O)(=O)n2cc(-c3cccc(NC(=O)Nc4ccccc4C(F)(F)F)c3)cc2C(=O)OCc2ccccc2)cc1. The summed E-state index contributed by atoms with van der Waals surface area (Å²) in [6.45, 7) is 1.73. The largest absolute Gasteiger partial charge is 0.456 e. The number of nitrogens with one attached hydrogen (secondary N) is 2. The summed E-state index contributed by atoms with van der Waals surface area (Å²) < 4.78 is 73.7. The van der Waals surface area contributed by atoms with Gasteiger partial charge in [-0.1, -0.05) is 72.3 Å². The van der Waals surface area contributed by atoms with E-state index < -0.39 is 39.5 Å². The molecule has 12 heteroatoms. The number of para-hydroxylation sites is 1. The molecule has 0 atom stereocenters. The lowest BCUT2D eigenvalue weighted by molar-refractivity contribution is -0.136. The van der Waals surface area contributed by atoms with Crippen LogP contribution in [0, 0.1) is 6.92 Å². The molecule has 8 nitrogen and oxygen atoms in total. The zero-order valence-electron chi connectivity index (χ0n) is 23.7. The highest BCUT2D eigenvalue weighted by Gasteiger charge is 2.33. The Balaban J connectivity index is 1.45. The second-order valence-electron chi connectivity index (χ2n) is 9.99. The zero-order valence-corrected chi connectivity index (χ0v) is 24.5. The van der Waals surface area contributed by atoms with Crippen LogP contribution in [-0.2, 0) is 27.5 Å². The van der Waals surface area contributed by atoms with Crippen LogP contribution in [0.3, 0.4) is 0 Å². The lowest BCUT2D eigenvalue weighted by Gasteiger charge is -2.14. The predicted octanol–water partition coefficient (Wildman–Crippen LogP) is 7.72. The molecule has 1 aromatic heterocycles. The summed E-state index contributed by atoms with van der Waals surface area (Å²) in [5, 5.41) is 4.70. The summed E-state index contributed by atoms with van der Waals surface area (Å²) in [5.74, 6) is -0.877. The van der Waals surface area contributed by atoms with Crippen molar-refractivity contribution in [1.29, 1.82) is 0 Å². The fraction of sp³-hybridized carbons (Fsp3) is 0.0909. The number of urea groups is 1. The molecule has 0 bridgehead atoms. The van der Waals surface area contributed by atoms with Gasteiger partial charge in [-0.3, -0.25) is 0 Å². The van der Waals surface area contributed by atoms with Crippen LogP contribution in [0.5, 0.6) is 0 Å². The molecule has 0 spiro atoms. The van der Waals surface area contributed by atoms with E-state index in [1.807, 2.05) is 13.0 Å². The van der Waals surface area contributed by atoms with Crippen LogP contribution in [0.15, 0.2) is 120 Å². The van der Waals surface area contributed by atoms with Gasteiger partial charge in [0.1, 0.15) is 12.3 Å². The second kappa shape index (κ2) is 12.7. The fourth-order valence-electron chi connectivity index (χ4n) is 4.47. The average molecular weight is 634 g/mol. The third-order valence-electron chi connectivity index (χ3n) is 6.72. The maximum Gasteiger partial charge on any atom is 0.418 e. The van der Waals surface area contributed by atoms with Gasteiger partial charge in [0, 0.05) is 17.4 Å². The molecule has 5 aromatic rings. The van der Waals surface area contributed by atoms with Crippen LogP contribution in [0.2, 0.25) is 0 Å². The third-order valence-corrected chi connectivity index (χ3v) is 8.41. The van der Waals surface area contributed by atoms with Crippen molar-refractivity contribution in [3.8, 4) is 11.1 Å². The van der Waals surface area contributed by atoms with Crippen LogP contribution < -0.4 is 10.6 Å². The Labute approximate surface area is 257 Å². The molecule has 0 radical (unpaired) electrons. The number of carbonyl (C=O) groups is 2. The minimum Gasteiger partial charge on any atom is -0.456 e. The quantitative estimate of drug-likeness (QED) is 0.170. The van der Waals surface area contributed by atoms with Crippen molar-refractivity contribution < 1.29 is 35.9 Å². The number of halogens is 3. The van der Waals surface area contributed by atoms with Crippen molar-refractivity contribution in [2.45, 2.75) is 24.6 Å². The first-order valence-electron chi connectivity index (χ1n) is 13.5. The molecule has 2 N–H and O–H groups in total. The van der Waals surface area contributed by atoms with Gasteiger partial charge in [-0.05, 0) is 60.5 Å². The lowest BCUT2D eigenvalue weighted by Crippen LogP contribution is -2.21. The highest BCUT2D eigenvalue weighted by molar-refractivity contribution is 7.90. The van der Waals surface area contributed by atoms with Crippen molar-refractivity contribution in [1.82, 2.24) is 3.97 Å². The summed E-state index contributed by atoms with van der Waals surface area (Å²) in [6, 6.07) is 26.2. The van der Waals surface area contributed by atoms with E-state index in [0.717, 1.165) is 21.7 Å². The van der Waals surface area contributed by atoms with Crippen LogP contribution in [-0.4, -0.2) is 24.4 Å². The van der Waals surface area contributed by atoms with Crippen molar-refractivity contribution in [3.05, 3.63) is 138 Å². The molecule has 0 unspecified atom stereocenters. The molecule has 0 fully saturated rings. The number of aromatic nitrogens is 1. The highest BCUT2D eigenvalue weighted by atomic mass is 32.2. The maximum atomic E-state index is 13.7. The first kappa shape index (κ1) is 31.1. The molecular formula is C33H26F3N3O5S. The minimum atomic E-state index is -4.67. The molecule has 0 saturated heterocycles. The van der Waals surface area contributed by atoms with E-state index in [4.69, 9.17) is 4.74 Å². The predicted molar refractivity (Wildman–Crippen MR) is 163 cm³/mol. The van der Waals surface area contributed by atoms with Crippen LogP contribution in [0.4, 0.5) is 29.3 Å². The molecular weight excluding hydrogens is 607 g/mol. The summed E-state index contributed by atoms with van der Waals surface area (Å²) in [6.07, 6.45) is -3.40. The number of carbonyl (C=O) groups excluding carboxylic acids is 2. The number of aryl methyl sites for hydroxylation is 1. The number of anilines is 2. The molecule has 0 aliphatic rings. The van der Waals surface area contributed by atoms with Gasteiger partial charge in [-0.25, -0.2) is 22.0 Å². The number of esters is 1. The number of alkyl halides is 3. The minimum absolute atomic E-state index is 0.0430. The maximum absolute atomic E-state index is 13.7. The van der Waals surface area contributed by atoms with Crippen molar-refractivity contribution >= 4 is 33.4 Å². The van der Waals surface area contributed by atoms with Gasteiger partial charge in [0.2, 0.25) is 0 Å². The second-order valence-corrected chi connectivity index (χ2v) is 11.8. The molecule has 45 heavy (non-hydrogen) atoms. The van der Waals surface area contributed by atoms with Crippen LogP contribution >= 0.6 is 0 Å². The smallest absolute Gasteiger partial charge is 0.418 e. The van der Waals surface area contributed by atoms with Gasteiger partial charge in [-0.2, -0.15) is 13.2 Å². The van der Waals surface area contributed by atoms with Crippen LogP contribution in [0.25, 0.3) is 11.1 Å². The highest BCUT2D eigenvalue weighted by Crippen LogP contribution is 2.35. The molecule has 0 aliphatic heterocycles. The third kappa shape index (κ3) is 7.24. The van der Waals surface area contributed by atoms with E-state index in [2.05, 4.69) is 10.6 Å². The number of nitrogens with zero attached hydrogens (tertiary/aromatic N) is 1. The van der Waals surface area contributed by atoms with Crippen molar-refractivity contribution in [2.24, 2.45) is 0 Å². The Morgan fingerprint density at radius 2 is 1.49 bits per heavy atom. The molecule has 4 aromatic carbocycles. The molecule has 5 rings (SSSR count). The van der Waals surface area contributed by atoms with E-state index in [1.165, 1.54) is 48.7 Å². The summed E-state index contributed by atoms with van der Waals surface area (Å²) in [7, 11) is -4.24. The van der Waals surface area contributed by atoms with E-state index >= 15 is 0 Å². The van der Waals surface area contributed by atoms with Crippen LogP contribution in [0.1, 0.15) is 27.2 Å². The number of amides is 2. The number of rotatable bonds is 8. The number of hydrogen-bond acceptors (Lipinski definition) is 5. The molecule has 1 heterocycles. The van der Waals surface area contributed by atoms with E-state index in [-0.39, 0.29) is 22.9 Å². The first-order valence-corrected chi connectivity index (χ1v) is 15.0. The van der Waals surface area contributed by atoms with Crippen molar-refractivity contribution in [3.63, 3.8) is 0 Å². The Kier molecular flexibility index (Phi) is 8.77. The summed E-state index contributed by atoms with van der Waals surface area (Å²) >= 11 is 0. The molecule has 2 amide bonds. The summed E-state index contributed by atoms with van der Waals surface area (Å²) in [5.41, 5.74) is 0.813. The fourth-order valence-corrected chi connectivity index (χ4v) is 5.82.